The molecule has 7 nitrogen and oxygen atoms in total. The maximum absolute atomic E-state index is 5.29. The number of nitrogens with one attached hydrogen (secondary N) is 3. The van der Waals surface area contributed by atoms with Gasteiger partial charge in [-0.1, -0.05) is 0 Å². The Morgan fingerprint density at radius 1 is 1.07 bits per heavy atom. The van der Waals surface area contributed by atoms with Crippen LogP contribution >= 0.6 is 12.2 Å². The van der Waals surface area contributed by atoms with E-state index in [0.29, 0.717) is 17.8 Å². The molecule has 0 atom stereocenters. The molecule has 1 rings (SSSR count). The van der Waals surface area contributed by atoms with E-state index in [9.17, 15) is 0 Å². The van der Waals surface area contributed by atoms with Crippen LogP contribution in [0.5, 0.6) is 0 Å². The normalized spacial score (nSPS) is 9.29. The van der Waals surface area contributed by atoms with Crippen LogP contribution in [0, 0.1) is 0 Å². The third-order valence-corrected chi connectivity index (χ3v) is 1.42. The molecule has 0 aromatic carbocycles. The summed E-state index contributed by atoms with van der Waals surface area (Å²) >= 11 is 4.66. The van der Waals surface area contributed by atoms with Crippen molar-refractivity contribution < 1.29 is 0 Å². The predicted octanol–water partition coefficient (Wildman–Crippen LogP) is -0.390. The maximum atomic E-state index is 5.29. The average molecular weight is 213 g/mol. The minimum Gasteiger partial charge on any atom is -0.376 e. The van der Waals surface area contributed by atoms with Crippen LogP contribution in [0.3, 0.4) is 0 Å². The second kappa shape index (κ2) is 4.51. The summed E-state index contributed by atoms with van der Waals surface area (Å²) in [4.78, 5) is 12.0. The van der Waals surface area contributed by atoms with Gasteiger partial charge in [-0.05, 0) is 12.2 Å². The number of hydrogen-bond acceptors (Lipinski definition) is 6. The van der Waals surface area contributed by atoms with Crippen LogP contribution in [-0.4, -0.2) is 34.2 Å². The zero-order chi connectivity index (χ0) is 10.6. The highest BCUT2D eigenvalue weighted by molar-refractivity contribution is 7.80. The van der Waals surface area contributed by atoms with E-state index >= 15 is 0 Å². The Labute approximate surface area is 86.5 Å². The topological polar surface area (TPSA) is 101 Å². The summed E-state index contributed by atoms with van der Waals surface area (Å²) in [6.07, 6.45) is 0. The first-order valence-electron chi connectivity index (χ1n) is 3.83. The molecule has 1 aromatic rings. The lowest BCUT2D eigenvalue weighted by Crippen LogP contribution is -2.21. The van der Waals surface area contributed by atoms with Crippen LogP contribution in [0.25, 0.3) is 0 Å². The van der Waals surface area contributed by atoms with Crippen molar-refractivity contribution in [2.24, 2.45) is 5.73 Å². The van der Waals surface area contributed by atoms with E-state index in [0.717, 1.165) is 0 Å². The molecule has 0 aliphatic rings. The van der Waals surface area contributed by atoms with E-state index in [4.69, 9.17) is 5.73 Å². The predicted molar refractivity (Wildman–Crippen MR) is 59.3 cm³/mol. The molecule has 0 saturated heterocycles. The summed E-state index contributed by atoms with van der Waals surface area (Å²) in [6.45, 7) is 0. The summed E-state index contributed by atoms with van der Waals surface area (Å²) in [5.74, 6) is 1.17. The minimum absolute atomic E-state index is 0.111. The number of hydrogen-bond donors (Lipinski definition) is 4. The van der Waals surface area contributed by atoms with E-state index in [-0.39, 0.29) is 5.11 Å². The van der Waals surface area contributed by atoms with Gasteiger partial charge in [-0.2, -0.15) is 15.0 Å². The van der Waals surface area contributed by atoms with Gasteiger partial charge < -0.3 is 21.7 Å². The zero-order valence-electron chi connectivity index (χ0n) is 7.83. The fourth-order valence-electron chi connectivity index (χ4n) is 0.766. The quantitative estimate of drug-likeness (QED) is 0.504. The monoisotopic (exact) mass is 213 g/mol. The molecule has 0 saturated carbocycles. The third-order valence-electron chi connectivity index (χ3n) is 1.32. The maximum Gasteiger partial charge on any atom is 0.235 e. The summed E-state index contributed by atoms with van der Waals surface area (Å²) in [5.41, 5.74) is 5.29. The van der Waals surface area contributed by atoms with Crippen LogP contribution in [0.4, 0.5) is 17.8 Å². The van der Waals surface area contributed by atoms with Crippen molar-refractivity contribution in [3.8, 4) is 0 Å². The van der Waals surface area contributed by atoms with Gasteiger partial charge in [0.15, 0.2) is 5.11 Å². The van der Waals surface area contributed by atoms with Gasteiger partial charge in [0.05, 0.1) is 0 Å². The van der Waals surface area contributed by atoms with Crippen molar-refractivity contribution in [2.45, 2.75) is 0 Å². The number of anilines is 3. The summed E-state index contributed by atoms with van der Waals surface area (Å²) in [5, 5.41) is 8.31. The number of nitrogens with zero attached hydrogens (tertiary/aromatic N) is 3. The lowest BCUT2D eigenvalue weighted by molar-refractivity contribution is 1.05. The fourth-order valence-corrected chi connectivity index (χ4v) is 0.857. The van der Waals surface area contributed by atoms with Crippen molar-refractivity contribution in [3.63, 3.8) is 0 Å². The SMILES string of the molecule is CNc1nc(NC)nc(NC(N)=S)n1. The standard InChI is InChI=1S/C6H11N7S/c1-8-4-11-5(9-2)13-6(12-4)10-3(7)14/h1-2H3,(H5,7,8,9,10,11,12,13,14). The molecule has 8 heteroatoms. The highest BCUT2D eigenvalue weighted by Crippen LogP contribution is 2.07. The van der Waals surface area contributed by atoms with Crippen molar-refractivity contribution >= 4 is 35.2 Å². The first-order chi connectivity index (χ1) is 6.65. The summed E-state index contributed by atoms with van der Waals surface area (Å²) in [6, 6.07) is 0. The van der Waals surface area contributed by atoms with E-state index < -0.39 is 0 Å². The molecule has 0 bridgehead atoms. The lowest BCUT2D eigenvalue weighted by atomic mass is 10.8. The minimum atomic E-state index is 0.111. The Morgan fingerprint density at radius 2 is 1.50 bits per heavy atom. The fraction of sp³-hybridized carbons (Fsp3) is 0.333. The first kappa shape index (κ1) is 10.4. The van der Waals surface area contributed by atoms with Crippen LogP contribution < -0.4 is 21.7 Å². The smallest absolute Gasteiger partial charge is 0.235 e. The molecule has 0 fully saturated rings. The largest absolute Gasteiger partial charge is 0.376 e. The molecule has 0 unspecified atom stereocenters. The highest BCUT2D eigenvalue weighted by atomic mass is 32.1. The van der Waals surface area contributed by atoms with Gasteiger partial charge in [-0.3, -0.25) is 0 Å². The van der Waals surface area contributed by atoms with Gasteiger partial charge in [-0.25, -0.2) is 0 Å². The number of aromatic nitrogens is 3. The van der Waals surface area contributed by atoms with Crippen LogP contribution in [-0.2, 0) is 0 Å². The molecule has 0 amide bonds. The van der Waals surface area contributed by atoms with Crippen LogP contribution in [0.2, 0.25) is 0 Å². The molecule has 14 heavy (non-hydrogen) atoms. The molecule has 5 N–H and O–H groups in total. The van der Waals surface area contributed by atoms with E-state index in [1.165, 1.54) is 0 Å². The van der Waals surface area contributed by atoms with Gasteiger partial charge in [0.2, 0.25) is 17.8 Å². The molecule has 1 aromatic heterocycles. The Bertz CT molecular complexity index is 317. The Hall–Kier alpha value is -1.70. The van der Waals surface area contributed by atoms with Gasteiger partial charge in [0.25, 0.3) is 0 Å². The second-order valence-electron chi connectivity index (χ2n) is 2.30. The van der Waals surface area contributed by atoms with Crippen molar-refractivity contribution in [1.82, 2.24) is 15.0 Å². The number of thiocarbonyl (C=S) groups is 1. The Morgan fingerprint density at radius 3 is 1.86 bits per heavy atom. The molecular formula is C6H11N7S. The van der Waals surface area contributed by atoms with E-state index in [2.05, 4.69) is 43.1 Å². The number of nitrogens with two attached hydrogens (primary N) is 1. The summed E-state index contributed by atoms with van der Waals surface area (Å²) in [7, 11) is 3.42. The lowest BCUT2D eigenvalue weighted by Gasteiger charge is -2.06. The van der Waals surface area contributed by atoms with Gasteiger partial charge in [0, 0.05) is 14.1 Å². The Kier molecular flexibility index (Phi) is 3.35. The molecule has 0 aliphatic heterocycles. The highest BCUT2D eigenvalue weighted by Gasteiger charge is 2.03. The Balaban J connectivity index is 2.98. The molecule has 1 heterocycles. The van der Waals surface area contributed by atoms with E-state index in [1.807, 2.05) is 0 Å². The molecule has 0 radical (unpaired) electrons. The first-order valence-corrected chi connectivity index (χ1v) is 4.24. The van der Waals surface area contributed by atoms with E-state index in [1.54, 1.807) is 14.1 Å². The molecular weight excluding hydrogens is 202 g/mol. The molecule has 0 aliphatic carbocycles. The van der Waals surface area contributed by atoms with Gasteiger partial charge >= 0.3 is 0 Å². The molecule has 0 spiro atoms. The van der Waals surface area contributed by atoms with Crippen LogP contribution in [0.1, 0.15) is 0 Å². The summed E-state index contributed by atoms with van der Waals surface area (Å²) < 4.78 is 0. The van der Waals surface area contributed by atoms with Crippen LogP contribution in [0.15, 0.2) is 0 Å². The third kappa shape index (κ3) is 2.66. The average Bonchev–Trinajstić information content (AvgIpc) is 2.16. The van der Waals surface area contributed by atoms with Crippen molar-refractivity contribution in [1.29, 1.82) is 0 Å². The zero-order valence-corrected chi connectivity index (χ0v) is 8.64. The molecule has 76 valence electrons. The van der Waals surface area contributed by atoms with Crippen molar-refractivity contribution in [3.05, 3.63) is 0 Å². The van der Waals surface area contributed by atoms with Gasteiger partial charge in [0.1, 0.15) is 0 Å². The van der Waals surface area contributed by atoms with Gasteiger partial charge in [-0.15, -0.1) is 0 Å². The second-order valence-corrected chi connectivity index (χ2v) is 2.74. The van der Waals surface area contributed by atoms with Crippen molar-refractivity contribution in [2.75, 3.05) is 30.0 Å². The number of rotatable bonds is 3.